The zero-order chi connectivity index (χ0) is 24.7. The van der Waals surface area contributed by atoms with Crippen LogP contribution in [0.3, 0.4) is 0 Å². The molecular formula is C28H25N3O4. The summed E-state index contributed by atoms with van der Waals surface area (Å²) < 4.78 is 0. The number of carbonyl (C=O) groups is 2. The fourth-order valence-electron chi connectivity index (χ4n) is 5.14. The summed E-state index contributed by atoms with van der Waals surface area (Å²) in [7, 11) is 0. The topological polar surface area (TPSA) is 92.6 Å². The van der Waals surface area contributed by atoms with Crippen LogP contribution in [0.4, 0.5) is 17.1 Å². The van der Waals surface area contributed by atoms with E-state index in [4.69, 9.17) is 0 Å². The molecule has 1 amide bonds. The maximum Gasteiger partial charge on any atom is 0.269 e. The quantitative estimate of drug-likeness (QED) is 0.387. The number of anilines is 2. The summed E-state index contributed by atoms with van der Waals surface area (Å²) in [4.78, 5) is 39.5. The van der Waals surface area contributed by atoms with Crippen LogP contribution in [-0.4, -0.2) is 16.6 Å². The van der Waals surface area contributed by atoms with Gasteiger partial charge in [-0.1, -0.05) is 54.1 Å². The normalized spacial score (nSPS) is 19.4. The molecule has 1 N–H and O–H groups in total. The number of fused-ring (bicyclic) bond motifs is 1. The third-order valence-corrected chi connectivity index (χ3v) is 6.77. The van der Waals surface area contributed by atoms with Crippen molar-refractivity contribution in [3.8, 4) is 0 Å². The number of carbonyl (C=O) groups excluding carboxylic acids is 2. The standard InChI is InChI=1S/C28H25N3O4/c1-17-10-12-19(13-11-17)21-15-24-27(26(33)16-21)28(20-6-5-7-22(14-20)31(34)35)30(18(2)32)25-9-4-3-8-23(25)29-24/h3-14,21,28-29H,15-16H2,1-2H3/t21-,28-/m1/s1. The first kappa shape index (κ1) is 22.5. The summed E-state index contributed by atoms with van der Waals surface area (Å²) in [6, 6.07) is 21.1. The molecule has 0 aromatic heterocycles. The number of Topliss-reactive ketones (excluding diaryl/α,β-unsaturated/α-hetero) is 1. The molecule has 0 fully saturated rings. The molecule has 1 aliphatic heterocycles. The Morgan fingerprint density at radius 3 is 2.46 bits per heavy atom. The Bertz CT molecular complexity index is 1380. The summed E-state index contributed by atoms with van der Waals surface area (Å²) >= 11 is 0. The molecule has 0 radical (unpaired) electrons. The monoisotopic (exact) mass is 467 g/mol. The Kier molecular flexibility index (Phi) is 5.68. The zero-order valence-corrected chi connectivity index (χ0v) is 19.5. The number of nitrogens with one attached hydrogen (secondary N) is 1. The van der Waals surface area contributed by atoms with Crippen LogP contribution < -0.4 is 10.2 Å². The molecule has 2 aliphatic rings. The largest absolute Gasteiger partial charge is 0.357 e. The summed E-state index contributed by atoms with van der Waals surface area (Å²) in [5.41, 5.74) is 5.28. The molecule has 176 valence electrons. The van der Waals surface area contributed by atoms with Crippen LogP contribution in [0, 0.1) is 17.0 Å². The van der Waals surface area contributed by atoms with Gasteiger partial charge in [0.05, 0.1) is 22.3 Å². The van der Waals surface area contributed by atoms with E-state index in [0.29, 0.717) is 29.7 Å². The number of allylic oxidation sites excluding steroid dienone is 1. The Morgan fingerprint density at radius 2 is 1.74 bits per heavy atom. The lowest BCUT2D eigenvalue weighted by Crippen LogP contribution is -2.37. The van der Waals surface area contributed by atoms with E-state index in [2.05, 4.69) is 17.4 Å². The van der Waals surface area contributed by atoms with Gasteiger partial charge in [0.15, 0.2) is 5.78 Å². The van der Waals surface area contributed by atoms with Gasteiger partial charge in [-0.05, 0) is 42.5 Å². The van der Waals surface area contributed by atoms with Crippen molar-refractivity contribution >= 4 is 28.8 Å². The average Bonchev–Trinajstić information content (AvgIpc) is 2.99. The highest BCUT2D eigenvalue weighted by Crippen LogP contribution is 2.47. The van der Waals surface area contributed by atoms with Crippen LogP contribution >= 0.6 is 0 Å². The molecule has 0 saturated carbocycles. The van der Waals surface area contributed by atoms with Crippen molar-refractivity contribution in [3.05, 3.63) is 111 Å². The number of nitro groups is 1. The Morgan fingerprint density at radius 1 is 1.00 bits per heavy atom. The van der Waals surface area contributed by atoms with Crippen LogP contribution in [-0.2, 0) is 9.59 Å². The van der Waals surface area contributed by atoms with Crippen molar-refractivity contribution < 1.29 is 14.5 Å². The average molecular weight is 468 g/mol. The maximum atomic E-state index is 13.8. The number of rotatable bonds is 3. The highest BCUT2D eigenvalue weighted by Gasteiger charge is 2.41. The van der Waals surface area contributed by atoms with Gasteiger partial charge in [0.1, 0.15) is 0 Å². The van der Waals surface area contributed by atoms with Gasteiger partial charge in [0.25, 0.3) is 5.69 Å². The second-order valence-corrected chi connectivity index (χ2v) is 9.12. The molecule has 0 saturated heterocycles. The lowest BCUT2D eigenvalue weighted by Gasteiger charge is -2.34. The Hall–Kier alpha value is -4.26. The third kappa shape index (κ3) is 4.10. The number of nitrogens with zero attached hydrogens (tertiary/aromatic N) is 2. The molecule has 3 aromatic rings. The van der Waals surface area contributed by atoms with E-state index in [1.807, 2.05) is 43.3 Å². The van der Waals surface area contributed by atoms with Crippen molar-refractivity contribution in [3.63, 3.8) is 0 Å². The third-order valence-electron chi connectivity index (χ3n) is 6.77. The minimum Gasteiger partial charge on any atom is -0.357 e. The number of benzene rings is 3. The molecule has 0 bridgehead atoms. The summed E-state index contributed by atoms with van der Waals surface area (Å²) in [5, 5.41) is 15.0. The second kappa shape index (κ2) is 8.83. The number of ketones is 1. The van der Waals surface area contributed by atoms with Gasteiger partial charge >= 0.3 is 0 Å². The summed E-state index contributed by atoms with van der Waals surface area (Å²) in [6.45, 7) is 3.48. The number of aryl methyl sites for hydroxylation is 1. The van der Waals surface area contributed by atoms with E-state index >= 15 is 0 Å². The molecule has 35 heavy (non-hydrogen) atoms. The van der Waals surface area contributed by atoms with Gasteiger partial charge in [-0.15, -0.1) is 0 Å². The number of para-hydroxylation sites is 2. The van der Waals surface area contributed by atoms with Crippen molar-refractivity contribution in [2.75, 3.05) is 10.2 Å². The fourth-order valence-corrected chi connectivity index (χ4v) is 5.14. The second-order valence-electron chi connectivity index (χ2n) is 9.12. The van der Waals surface area contributed by atoms with Crippen molar-refractivity contribution in [1.82, 2.24) is 0 Å². The summed E-state index contributed by atoms with van der Waals surface area (Å²) in [6.07, 6.45) is 0.896. The Labute approximate surface area is 203 Å². The van der Waals surface area contributed by atoms with Gasteiger partial charge in [0.2, 0.25) is 5.91 Å². The SMILES string of the molecule is CC(=O)N1c2ccccc2NC2=C(C(=O)C[C@H](c3ccc(C)cc3)C2)[C@H]1c1cccc([N+](=O)[O-])c1. The number of hydrogen-bond donors (Lipinski definition) is 1. The highest BCUT2D eigenvalue weighted by molar-refractivity contribution is 6.06. The van der Waals surface area contributed by atoms with Gasteiger partial charge in [-0.2, -0.15) is 0 Å². The van der Waals surface area contributed by atoms with E-state index < -0.39 is 11.0 Å². The molecular weight excluding hydrogens is 442 g/mol. The number of non-ortho nitro benzene ring substituents is 1. The minimum atomic E-state index is -0.773. The molecule has 1 aliphatic carbocycles. The predicted octanol–water partition coefficient (Wildman–Crippen LogP) is 5.82. The van der Waals surface area contributed by atoms with E-state index in [9.17, 15) is 19.7 Å². The van der Waals surface area contributed by atoms with Gasteiger partial charge in [-0.3, -0.25) is 24.6 Å². The van der Waals surface area contributed by atoms with E-state index in [1.165, 1.54) is 19.1 Å². The fraction of sp³-hybridized carbons (Fsp3) is 0.214. The molecule has 0 unspecified atom stereocenters. The molecule has 3 aromatic carbocycles. The minimum absolute atomic E-state index is 0.00357. The van der Waals surface area contributed by atoms with Gasteiger partial charge in [-0.25, -0.2) is 0 Å². The van der Waals surface area contributed by atoms with Crippen LogP contribution in [0.25, 0.3) is 0 Å². The maximum absolute atomic E-state index is 13.8. The first-order chi connectivity index (χ1) is 16.8. The molecule has 5 rings (SSSR count). The molecule has 0 spiro atoms. The predicted molar refractivity (Wildman–Crippen MR) is 134 cm³/mol. The van der Waals surface area contributed by atoms with Gasteiger partial charge in [0, 0.05) is 36.7 Å². The van der Waals surface area contributed by atoms with Crippen molar-refractivity contribution in [1.29, 1.82) is 0 Å². The van der Waals surface area contributed by atoms with E-state index in [-0.39, 0.29) is 23.3 Å². The summed E-state index contributed by atoms with van der Waals surface area (Å²) in [5.74, 6) is -0.325. The van der Waals surface area contributed by atoms with Crippen molar-refractivity contribution in [2.45, 2.75) is 38.6 Å². The number of hydrogen-bond acceptors (Lipinski definition) is 5. The number of amides is 1. The zero-order valence-electron chi connectivity index (χ0n) is 19.5. The highest BCUT2D eigenvalue weighted by atomic mass is 16.6. The lowest BCUT2D eigenvalue weighted by atomic mass is 9.78. The van der Waals surface area contributed by atoms with Crippen LogP contribution in [0.2, 0.25) is 0 Å². The Balaban J connectivity index is 1.71. The molecule has 7 nitrogen and oxygen atoms in total. The van der Waals surface area contributed by atoms with Crippen LogP contribution in [0.1, 0.15) is 48.4 Å². The molecule has 2 atom stereocenters. The smallest absolute Gasteiger partial charge is 0.269 e. The number of nitro benzene ring substituents is 1. The molecule has 1 heterocycles. The van der Waals surface area contributed by atoms with Gasteiger partial charge < -0.3 is 5.32 Å². The lowest BCUT2D eigenvalue weighted by molar-refractivity contribution is -0.384. The van der Waals surface area contributed by atoms with E-state index in [1.54, 1.807) is 17.0 Å². The van der Waals surface area contributed by atoms with Crippen LogP contribution in [0.15, 0.2) is 84.1 Å². The first-order valence-electron chi connectivity index (χ1n) is 11.6. The van der Waals surface area contributed by atoms with Crippen LogP contribution in [0.5, 0.6) is 0 Å². The molecule has 7 heteroatoms. The van der Waals surface area contributed by atoms with E-state index in [0.717, 1.165) is 22.5 Å². The van der Waals surface area contributed by atoms with Crippen molar-refractivity contribution in [2.24, 2.45) is 0 Å². The first-order valence-corrected chi connectivity index (χ1v) is 11.6.